The molecule has 0 heterocycles. The Morgan fingerprint density at radius 2 is 1.96 bits per heavy atom. The van der Waals surface area contributed by atoms with E-state index >= 15 is 0 Å². The quantitative estimate of drug-likeness (QED) is 0.663. The molecule has 3 rings (SSSR count). The van der Waals surface area contributed by atoms with Crippen molar-refractivity contribution >= 4 is 12.2 Å². The summed E-state index contributed by atoms with van der Waals surface area (Å²) in [5.74, 6) is 0. The van der Waals surface area contributed by atoms with E-state index in [9.17, 15) is 0 Å². The van der Waals surface area contributed by atoms with Crippen LogP contribution in [0.15, 0.2) is 95.3 Å². The molecular weight excluding hydrogens is 302 g/mol. The lowest BCUT2D eigenvalue weighted by atomic mass is 9.98. The second kappa shape index (κ2) is 8.34. The van der Waals surface area contributed by atoms with Crippen molar-refractivity contribution in [2.75, 3.05) is 0 Å². The van der Waals surface area contributed by atoms with Crippen LogP contribution in [-0.2, 0) is 0 Å². The largest absolute Gasteiger partial charge is 0.405 e. The van der Waals surface area contributed by atoms with Gasteiger partial charge in [0.1, 0.15) is 0 Å². The zero-order chi connectivity index (χ0) is 17.5. The summed E-state index contributed by atoms with van der Waals surface area (Å²) < 4.78 is 0. The Bertz CT molecular complexity index is 839. The van der Waals surface area contributed by atoms with Crippen LogP contribution < -0.4 is 5.73 Å². The molecule has 2 aliphatic rings. The lowest BCUT2D eigenvalue weighted by Gasteiger charge is -2.07. The van der Waals surface area contributed by atoms with Gasteiger partial charge >= 0.3 is 0 Å². The fourth-order valence-electron chi connectivity index (χ4n) is 3.38. The summed E-state index contributed by atoms with van der Waals surface area (Å²) in [6.45, 7) is 2.06. The monoisotopic (exact) mass is 327 g/mol. The van der Waals surface area contributed by atoms with Gasteiger partial charge in [-0.25, -0.2) is 0 Å². The Balaban J connectivity index is 1.92. The molecule has 1 heteroatoms. The van der Waals surface area contributed by atoms with Gasteiger partial charge in [-0.2, -0.15) is 0 Å². The van der Waals surface area contributed by atoms with Crippen molar-refractivity contribution < 1.29 is 0 Å². The van der Waals surface area contributed by atoms with Crippen molar-refractivity contribution in [2.24, 2.45) is 5.73 Å². The molecule has 0 bridgehead atoms. The predicted octanol–water partition coefficient (Wildman–Crippen LogP) is 6.11. The third kappa shape index (κ3) is 4.19. The van der Waals surface area contributed by atoms with Crippen LogP contribution in [0.4, 0.5) is 0 Å². The smallest absolute Gasteiger partial charge is 0.00514 e. The molecule has 2 N–H and O–H groups in total. The van der Waals surface area contributed by atoms with Crippen LogP contribution in [0.25, 0.3) is 12.2 Å². The lowest BCUT2D eigenvalue weighted by Crippen LogP contribution is -1.88. The molecule has 1 aromatic carbocycles. The van der Waals surface area contributed by atoms with E-state index in [0.29, 0.717) is 0 Å². The van der Waals surface area contributed by atoms with E-state index in [0.717, 1.165) is 12.8 Å². The highest BCUT2D eigenvalue weighted by Gasteiger charge is 2.23. The Kier molecular flexibility index (Phi) is 5.69. The number of hydrogen-bond acceptors (Lipinski definition) is 1. The first kappa shape index (κ1) is 17.0. The number of rotatable bonds is 4. The zero-order valence-electron chi connectivity index (χ0n) is 14.8. The van der Waals surface area contributed by atoms with Gasteiger partial charge in [-0.3, -0.25) is 0 Å². The van der Waals surface area contributed by atoms with Crippen LogP contribution >= 0.6 is 0 Å². The summed E-state index contributed by atoms with van der Waals surface area (Å²) in [5.41, 5.74) is 13.6. The number of hydrogen-bond donors (Lipinski definition) is 1. The molecule has 1 nitrogen and oxygen atoms in total. The van der Waals surface area contributed by atoms with Gasteiger partial charge in [-0.1, -0.05) is 72.4 Å². The number of nitrogens with two attached hydrogens (primary N) is 1. The fourth-order valence-corrected chi connectivity index (χ4v) is 3.38. The highest BCUT2D eigenvalue weighted by Crippen LogP contribution is 2.42. The lowest BCUT2D eigenvalue weighted by molar-refractivity contribution is 0.926. The Hall–Kier alpha value is -2.80. The first-order valence-corrected chi connectivity index (χ1v) is 8.89. The molecular formula is C24H25N. The van der Waals surface area contributed by atoms with Crippen molar-refractivity contribution in [1.82, 2.24) is 0 Å². The standard InChI is InChI=1S/C24H25N/c1-2-3-13-24-22(18-21-12-4-5-14-23(21)24)17-20-11-8-10-19(16-20)9-6-7-15-25/h2-3,5-11,13-17H,4,12,18,25H2,1H3/b3-2-,9-6-,15-7-,22-17+,24-13+. The minimum Gasteiger partial charge on any atom is -0.405 e. The van der Waals surface area contributed by atoms with E-state index in [1.54, 1.807) is 11.8 Å². The molecule has 0 saturated heterocycles. The van der Waals surface area contributed by atoms with E-state index in [2.05, 4.69) is 73.7 Å². The van der Waals surface area contributed by atoms with Crippen molar-refractivity contribution in [2.45, 2.75) is 26.2 Å². The Labute approximate surface area is 151 Å². The predicted molar refractivity (Wildman–Crippen MR) is 110 cm³/mol. The molecule has 0 atom stereocenters. The van der Waals surface area contributed by atoms with Gasteiger partial charge in [0.05, 0.1) is 0 Å². The maximum Gasteiger partial charge on any atom is -0.00514 e. The molecule has 25 heavy (non-hydrogen) atoms. The first-order chi connectivity index (χ1) is 12.3. The molecule has 0 spiro atoms. The Morgan fingerprint density at radius 3 is 2.80 bits per heavy atom. The molecule has 0 radical (unpaired) electrons. The van der Waals surface area contributed by atoms with Crippen molar-refractivity contribution in [3.8, 4) is 0 Å². The van der Waals surface area contributed by atoms with Crippen LogP contribution in [0.5, 0.6) is 0 Å². The molecule has 0 fully saturated rings. The number of allylic oxidation sites excluding steroid dienone is 11. The second-order valence-electron chi connectivity index (χ2n) is 6.32. The van der Waals surface area contributed by atoms with Crippen LogP contribution in [0.1, 0.15) is 37.3 Å². The van der Waals surface area contributed by atoms with Crippen molar-refractivity contribution in [3.63, 3.8) is 0 Å². The van der Waals surface area contributed by atoms with Gasteiger partial charge in [-0.15, -0.1) is 0 Å². The minimum atomic E-state index is 1.07. The summed E-state index contributed by atoms with van der Waals surface area (Å²) >= 11 is 0. The van der Waals surface area contributed by atoms with Crippen LogP contribution in [0.2, 0.25) is 0 Å². The van der Waals surface area contributed by atoms with Gasteiger partial charge in [0.25, 0.3) is 0 Å². The van der Waals surface area contributed by atoms with Crippen LogP contribution in [0, 0.1) is 0 Å². The summed E-state index contributed by atoms with van der Waals surface area (Å²) in [7, 11) is 0. The van der Waals surface area contributed by atoms with Crippen molar-refractivity contribution in [1.29, 1.82) is 0 Å². The molecule has 0 aromatic heterocycles. The van der Waals surface area contributed by atoms with Gasteiger partial charge in [0.15, 0.2) is 0 Å². The van der Waals surface area contributed by atoms with Gasteiger partial charge in [0, 0.05) is 0 Å². The minimum absolute atomic E-state index is 1.07. The molecule has 126 valence electrons. The average molecular weight is 327 g/mol. The molecule has 0 amide bonds. The van der Waals surface area contributed by atoms with E-state index < -0.39 is 0 Å². The van der Waals surface area contributed by atoms with Gasteiger partial charge in [-0.05, 0) is 72.4 Å². The molecule has 1 aromatic rings. The molecule has 2 aliphatic carbocycles. The topological polar surface area (TPSA) is 26.0 Å². The van der Waals surface area contributed by atoms with E-state index in [1.165, 1.54) is 34.3 Å². The summed E-state index contributed by atoms with van der Waals surface area (Å²) in [6, 6.07) is 8.60. The maximum absolute atomic E-state index is 5.38. The zero-order valence-corrected chi connectivity index (χ0v) is 14.8. The summed E-state index contributed by atoms with van der Waals surface area (Å²) in [5, 5.41) is 0. The fraction of sp³-hybridized carbons (Fsp3) is 0.167. The summed E-state index contributed by atoms with van der Waals surface area (Å²) in [6.07, 6.45) is 24.2. The highest BCUT2D eigenvalue weighted by molar-refractivity contribution is 5.72. The average Bonchev–Trinajstić information content (AvgIpc) is 2.97. The van der Waals surface area contributed by atoms with Crippen molar-refractivity contribution in [3.05, 3.63) is 106 Å². The SMILES string of the molecule is C\C=C/C=C1/C2=C(CCC=C2)C/C1=C\c1cccc(/C=C\C=C/N)c1. The van der Waals surface area contributed by atoms with Crippen LogP contribution in [0.3, 0.4) is 0 Å². The second-order valence-corrected chi connectivity index (χ2v) is 6.32. The first-order valence-electron chi connectivity index (χ1n) is 8.89. The summed E-state index contributed by atoms with van der Waals surface area (Å²) in [4.78, 5) is 0. The normalized spacial score (nSPS) is 20.8. The van der Waals surface area contributed by atoms with E-state index in [4.69, 9.17) is 5.73 Å². The maximum atomic E-state index is 5.38. The molecule has 0 saturated carbocycles. The van der Waals surface area contributed by atoms with E-state index in [1.807, 2.05) is 12.2 Å². The Morgan fingerprint density at radius 1 is 1.08 bits per heavy atom. The van der Waals surface area contributed by atoms with Gasteiger partial charge < -0.3 is 5.73 Å². The third-order valence-corrected chi connectivity index (χ3v) is 4.54. The third-order valence-electron chi connectivity index (χ3n) is 4.54. The van der Waals surface area contributed by atoms with Gasteiger partial charge in [0.2, 0.25) is 0 Å². The van der Waals surface area contributed by atoms with E-state index in [-0.39, 0.29) is 0 Å². The molecule has 0 aliphatic heterocycles. The van der Waals surface area contributed by atoms with Crippen LogP contribution in [-0.4, -0.2) is 0 Å². The number of benzene rings is 1. The highest BCUT2D eigenvalue weighted by atomic mass is 14.5. The molecule has 0 unspecified atom stereocenters.